The number of aryl methyl sites for hydroxylation is 1. The van der Waals surface area contributed by atoms with E-state index in [2.05, 4.69) is 17.3 Å². The van der Waals surface area contributed by atoms with Crippen LogP contribution in [0.2, 0.25) is 0 Å². The molecule has 2 rings (SSSR count). The zero-order valence-electron chi connectivity index (χ0n) is 9.13. The molecule has 0 aliphatic heterocycles. The van der Waals surface area contributed by atoms with Gasteiger partial charge >= 0.3 is 0 Å². The summed E-state index contributed by atoms with van der Waals surface area (Å²) in [6, 6.07) is 6.39. The highest BCUT2D eigenvalue weighted by atomic mass is 19.1. The van der Waals surface area contributed by atoms with E-state index in [1.165, 1.54) is 12.1 Å². The summed E-state index contributed by atoms with van der Waals surface area (Å²) >= 11 is 0. The Bertz CT molecular complexity index is 511. The number of nitrogens with zero attached hydrogens (tertiary/aromatic N) is 1. The molecule has 0 bridgehead atoms. The minimum absolute atomic E-state index is 0.263. The van der Waals surface area contributed by atoms with Gasteiger partial charge in [-0.05, 0) is 30.7 Å². The first-order valence-electron chi connectivity index (χ1n) is 5.30. The van der Waals surface area contributed by atoms with E-state index in [0.717, 1.165) is 35.1 Å². The number of nitrogens with one attached hydrogen (secondary N) is 1. The van der Waals surface area contributed by atoms with Crippen LogP contribution in [0.25, 0.3) is 10.9 Å². The number of halogens is 1. The van der Waals surface area contributed by atoms with Crippen LogP contribution in [0.1, 0.15) is 19.0 Å². The second kappa shape index (κ2) is 4.45. The summed E-state index contributed by atoms with van der Waals surface area (Å²) in [5.74, 6) is 5.16. The molecule has 0 amide bonds. The summed E-state index contributed by atoms with van der Waals surface area (Å²) < 4.78 is 13.0. The summed E-state index contributed by atoms with van der Waals surface area (Å²) in [5.41, 5.74) is 5.09. The smallest absolute Gasteiger partial charge is 0.123 e. The fourth-order valence-electron chi connectivity index (χ4n) is 1.74. The molecule has 0 spiro atoms. The lowest BCUT2D eigenvalue weighted by Gasteiger charge is -2.09. The van der Waals surface area contributed by atoms with Crippen LogP contribution in [-0.4, -0.2) is 4.98 Å². The van der Waals surface area contributed by atoms with E-state index in [-0.39, 0.29) is 5.82 Å². The maximum Gasteiger partial charge on any atom is 0.123 e. The predicted octanol–water partition coefficient (Wildman–Crippen LogP) is 2.61. The lowest BCUT2D eigenvalue weighted by Crippen LogP contribution is -2.10. The van der Waals surface area contributed by atoms with Gasteiger partial charge in [0.05, 0.1) is 16.9 Å². The van der Waals surface area contributed by atoms with Gasteiger partial charge in [0.1, 0.15) is 5.82 Å². The van der Waals surface area contributed by atoms with Crippen molar-refractivity contribution in [3.63, 3.8) is 0 Å². The lowest BCUT2D eigenvalue weighted by atomic mass is 10.1. The van der Waals surface area contributed by atoms with Crippen LogP contribution in [0.5, 0.6) is 0 Å². The van der Waals surface area contributed by atoms with Crippen molar-refractivity contribution in [1.82, 2.24) is 4.98 Å². The summed E-state index contributed by atoms with van der Waals surface area (Å²) in [5, 5.41) is 0.757. The molecule has 16 heavy (non-hydrogen) atoms. The minimum atomic E-state index is -0.263. The van der Waals surface area contributed by atoms with Crippen LogP contribution in [0.3, 0.4) is 0 Å². The number of pyridine rings is 1. The Morgan fingerprint density at radius 1 is 1.38 bits per heavy atom. The minimum Gasteiger partial charge on any atom is -0.322 e. The fourth-order valence-corrected chi connectivity index (χ4v) is 1.74. The summed E-state index contributed by atoms with van der Waals surface area (Å²) in [6.07, 6.45) is 1.85. The van der Waals surface area contributed by atoms with Gasteiger partial charge in [0.2, 0.25) is 0 Å². The Balaban J connectivity index is 2.60. The molecule has 84 valence electrons. The van der Waals surface area contributed by atoms with Crippen LogP contribution < -0.4 is 11.3 Å². The van der Waals surface area contributed by atoms with Crippen LogP contribution in [0.15, 0.2) is 24.3 Å². The third kappa shape index (κ3) is 1.97. The van der Waals surface area contributed by atoms with Crippen molar-refractivity contribution in [2.45, 2.75) is 19.8 Å². The molecule has 0 aliphatic carbocycles. The van der Waals surface area contributed by atoms with E-state index >= 15 is 0 Å². The molecule has 1 aromatic carbocycles. The number of fused-ring (bicyclic) bond motifs is 1. The van der Waals surface area contributed by atoms with Gasteiger partial charge in [-0.25, -0.2) is 4.39 Å². The quantitative estimate of drug-likeness (QED) is 0.616. The Morgan fingerprint density at radius 2 is 2.19 bits per heavy atom. The fraction of sp³-hybridized carbons (Fsp3) is 0.250. The third-order valence-corrected chi connectivity index (χ3v) is 2.50. The first-order chi connectivity index (χ1) is 7.74. The van der Waals surface area contributed by atoms with Gasteiger partial charge in [-0.2, -0.15) is 0 Å². The summed E-state index contributed by atoms with van der Waals surface area (Å²) in [7, 11) is 0. The zero-order chi connectivity index (χ0) is 11.5. The molecule has 1 aromatic heterocycles. The van der Waals surface area contributed by atoms with Gasteiger partial charge in [-0.3, -0.25) is 10.8 Å². The highest BCUT2D eigenvalue weighted by molar-refractivity contribution is 5.82. The molecular formula is C12H14FN3. The first kappa shape index (κ1) is 10.8. The number of aromatic nitrogens is 1. The van der Waals surface area contributed by atoms with Crippen molar-refractivity contribution in [2.75, 3.05) is 5.43 Å². The van der Waals surface area contributed by atoms with Crippen LogP contribution in [0, 0.1) is 5.82 Å². The molecule has 0 fully saturated rings. The van der Waals surface area contributed by atoms with Gasteiger partial charge < -0.3 is 5.43 Å². The normalized spacial score (nSPS) is 10.7. The van der Waals surface area contributed by atoms with Gasteiger partial charge in [0.25, 0.3) is 0 Å². The number of anilines is 1. The molecule has 0 atom stereocenters. The molecule has 0 aliphatic rings. The number of nitrogen functional groups attached to an aromatic ring is 1. The van der Waals surface area contributed by atoms with E-state index in [4.69, 9.17) is 5.84 Å². The Kier molecular flexibility index (Phi) is 3.01. The number of hydrogen-bond donors (Lipinski definition) is 2. The van der Waals surface area contributed by atoms with Crippen molar-refractivity contribution in [3.05, 3.63) is 35.8 Å². The predicted molar refractivity (Wildman–Crippen MR) is 63.5 cm³/mol. The van der Waals surface area contributed by atoms with Crippen molar-refractivity contribution in [1.29, 1.82) is 0 Å². The second-order valence-corrected chi connectivity index (χ2v) is 3.71. The number of hydrogen-bond acceptors (Lipinski definition) is 3. The molecule has 0 unspecified atom stereocenters. The van der Waals surface area contributed by atoms with Gasteiger partial charge in [0, 0.05) is 5.39 Å². The number of rotatable bonds is 3. The summed E-state index contributed by atoms with van der Waals surface area (Å²) in [6.45, 7) is 2.08. The van der Waals surface area contributed by atoms with Crippen LogP contribution in [-0.2, 0) is 6.42 Å². The van der Waals surface area contributed by atoms with E-state index in [9.17, 15) is 4.39 Å². The van der Waals surface area contributed by atoms with Crippen molar-refractivity contribution in [3.8, 4) is 0 Å². The maximum atomic E-state index is 13.0. The number of nitrogens with two attached hydrogens (primary N) is 1. The SMILES string of the molecule is CCCc1nc2ccc(F)cc2cc1NN. The largest absolute Gasteiger partial charge is 0.322 e. The lowest BCUT2D eigenvalue weighted by molar-refractivity contribution is 0.629. The Labute approximate surface area is 93.5 Å². The average Bonchev–Trinajstić information content (AvgIpc) is 2.29. The van der Waals surface area contributed by atoms with Gasteiger partial charge in [-0.15, -0.1) is 0 Å². The van der Waals surface area contributed by atoms with Gasteiger partial charge in [0.15, 0.2) is 0 Å². The molecular weight excluding hydrogens is 205 g/mol. The molecule has 0 saturated carbocycles. The highest BCUT2D eigenvalue weighted by Crippen LogP contribution is 2.22. The Hall–Kier alpha value is -1.68. The van der Waals surface area contributed by atoms with E-state index in [1.807, 2.05) is 6.07 Å². The number of benzene rings is 1. The monoisotopic (exact) mass is 219 g/mol. The molecule has 1 heterocycles. The van der Waals surface area contributed by atoms with Crippen LogP contribution in [0.4, 0.5) is 10.1 Å². The standard InChI is InChI=1S/C12H14FN3/c1-2-3-11-12(16-14)7-8-6-9(13)4-5-10(8)15-11/h4-7,16H,2-3,14H2,1H3. The van der Waals surface area contributed by atoms with E-state index in [0.29, 0.717) is 0 Å². The molecule has 0 saturated heterocycles. The zero-order valence-corrected chi connectivity index (χ0v) is 9.13. The summed E-state index contributed by atoms with van der Waals surface area (Å²) in [4.78, 5) is 4.47. The second-order valence-electron chi connectivity index (χ2n) is 3.71. The topological polar surface area (TPSA) is 50.9 Å². The number of hydrazine groups is 1. The third-order valence-electron chi connectivity index (χ3n) is 2.50. The maximum absolute atomic E-state index is 13.0. The van der Waals surface area contributed by atoms with Crippen molar-refractivity contribution < 1.29 is 4.39 Å². The molecule has 0 radical (unpaired) electrons. The average molecular weight is 219 g/mol. The Morgan fingerprint density at radius 3 is 2.88 bits per heavy atom. The van der Waals surface area contributed by atoms with E-state index in [1.54, 1.807) is 6.07 Å². The molecule has 2 aromatic rings. The van der Waals surface area contributed by atoms with Crippen molar-refractivity contribution in [2.24, 2.45) is 5.84 Å². The molecule has 4 heteroatoms. The highest BCUT2D eigenvalue weighted by Gasteiger charge is 2.05. The molecule has 3 N–H and O–H groups in total. The first-order valence-corrected chi connectivity index (χ1v) is 5.30. The van der Waals surface area contributed by atoms with Gasteiger partial charge in [-0.1, -0.05) is 13.3 Å². The van der Waals surface area contributed by atoms with Crippen LogP contribution >= 0.6 is 0 Å². The van der Waals surface area contributed by atoms with E-state index < -0.39 is 0 Å². The molecule has 3 nitrogen and oxygen atoms in total. The van der Waals surface area contributed by atoms with Crippen molar-refractivity contribution >= 4 is 16.6 Å².